The Morgan fingerprint density at radius 3 is 2.78 bits per heavy atom. The fourth-order valence-electron chi connectivity index (χ4n) is 1.81. The van der Waals surface area contributed by atoms with Crippen molar-refractivity contribution < 1.29 is 9.53 Å². The minimum Gasteiger partial charge on any atom is -0.495 e. The van der Waals surface area contributed by atoms with Gasteiger partial charge in [0.15, 0.2) is 0 Å². The summed E-state index contributed by atoms with van der Waals surface area (Å²) in [4.78, 5) is 12.0. The van der Waals surface area contributed by atoms with E-state index in [4.69, 9.17) is 22.1 Å². The molecule has 0 bridgehead atoms. The van der Waals surface area contributed by atoms with E-state index in [2.05, 4.69) is 5.32 Å². The van der Waals surface area contributed by atoms with Crippen LogP contribution in [-0.4, -0.2) is 26.1 Å². The second kappa shape index (κ2) is 7.24. The van der Waals surface area contributed by atoms with Gasteiger partial charge in [0, 0.05) is 6.54 Å². The summed E-state index contributed by atoms with van der Waals surface area (Å²) in [6.07, 6.45) is 0.592. The van der Waals surface area contributed by atoms with Gasteiger partial charge in [-0.05, 0) is 37.6 Å². The molecular formula is C13H19ClN2O2. The van der Waals surface area contributed by atoms with Gasteiger partial charge in [0.1, 0.15) is 5.75 Å². The fraction of sp³-hybridized carbons (Fsp3) is 0.462. The van der Waals surface area contributed by atoms with Crippen LogP contribution in [0.15, 0.2) is 18.2 Å². The number of benzene rings is 1. The van der Waals surface area contributed by atoms with Crippen molar-refractivity contribution in [3.05, 3.63) is 28.8 Å². The van der Waals surface area contributed by atoms with Gasteiger partial charge in [-0.2, -0.15) is 0 Å². The zero-order chi connectivity index (χ0) is 13.5. The summed E-state index contributed by atoms with van der Waals surface area (Å²) in [6.45, 7) is 2.94. The lowest BCUT2D eigenvalue weighted by Gasteiger charge is -2.16. The van der Waals surface area contributed by atoms with E-state index in [0.717, 1.165) is 5.56 Å². The first-order chi connectivity index (χ1) is 8.63. The fourth-order valence-corrected chi connectivity index (χ4v) is 2.08. The van der Waals surface area contributed by atoms with Gasteiger partial charge < -0.3 is 15.8 Å². The second-order valence-electron chi connectivity index (χ2n) is 3.92. The summed E-state index contributed by atoms with van der Waals surface area (Å²) >= 11 is 6.07. The van der Waals surface area contributed by atoms with Gasteiger partial charge in [-0.15, -0.1) is 0 Å². The highest BCUT2D eigenvalue weighted by Crippen LogP contribution is 2.29. The molecule has 18 heavy (non-hydrogen) atoms. The zero-order valence-electron chi connectivity index (χ0n) is 10.7. The normalized spacial score (nSPS) is 12.0. The van der Waals surface area contributed by atoms with Crippen LogP contribution in [0.2, 0.25) is 5.02 Å². The minimum atomic E-state index is -0.265. The first-order valence-electron chi connectivity index (χ1n) is 5.95. The summed E-state index contributed by atoms with van der Waals surface area (Å²) in [5, 5.41) is 3.31. The number of carbonyl (C=O) groups excluding carboxylic acids is 1. The Kier molecular flexibility index (Phi) is 5.95. The van der Waals surface area contributed by atoms with Crippen LogP contribution in [0.4, 0.5) is 0 Å². The van der Waals surface area contributed by atoms with Crippen LogP contribution >= 0.6 is 11.6 Å². The molecule has 1 rings (SSSR count). The SMILES string of the molecule is CCNC(=O)C(CCN)c1ccc(OC)c(Cl)c1. The number of nitrogens with one attached hydrogen (secondary N) is 1. The summed E-state index contributed by atoms with van der Waals surface area (Å²) < 4.78 is 5.09. The van der Waals surface area contributed by atoms with Gasteiger partial charge in [-0.1, -0.05) is 17.7 Å². The van der Waals surface area contributed by atoms with E-state index in [1.807, 2.05) is 13.0 Å². The molecule has 1 atom stereocenters. The van der Waals surface area contributed by atoms with E-state index >= 15 is 0 Å². The Labute approximate surface area is 112 Å². The molecule has 1 aromatic carbocycles. The number of ether oxygens (including phenoxy) is 1. The first kappa shape index (κ1) is 14.8. The largest absolute Gasteiger partial charge is 0.495 e. The molecular weight excluding hydrogens is 252 g/mol. The van der Waals surface area contributed by atoms with Gasteiger partial charge >= 0.3 is 0 Å². The standard InChI is InChI=1S/C13H19ClN2O2/c1-3-16-13(17)10(6-7-15)9-4-5-12(18-2)11(14)8-9/h4-5,8,10H,3,6-7,15H2,1-2H3,(H,16,17). The molecule has 0 aromatic heterocycles. The predicted octanol–water partition coefficient (Wildman–Crippen LogP) is 1.92. The maximum atomic E-state index is 12.0. The average molecular weight is 271 g/mol. The van der Waals surface area contributed by atoms with Crippen LogP contribution in [0.25, 0.3) is 0 Å². The van der Waals surface area contributed by atoms with Crippen molar-refractivity contribution >= 4 is 17.5 Å². The molecule has 3 N–H and O–H groups in total. The van der Waals surface area contributed by atoms with Crippen LogP contribution in [0.1, 0.15) is 24.8 Å². The van der Waals surface area contributed by atoms with Crippen molar-refractivity contribution in [2.45, 2.75) is 19.3 Å². The first-order valence-corrected chi connectivity index (χ1v) is 6.33. The van der Waals surface area contributed by atoms with E-state index in [-0.39, 0.29) is 11.8 Å². The highest BCUT2D eigenvalue weighted by Gasteiger charge is 2.20. The van der Waals surface area contributed by atoms with Crippen molar-refractivity contribution in [1.82, 2.24) is 5.32 Å². The number of amides is 1. The number of methoxy groups -OCH3 is 1. The molecule has 0 aliphatic rings. The van der Waals surface area contributed by atoms with Crippen LogP contribution in [0, 0.1) is 0 Å². The van der Waals surface area contributed by atoms with Crippen LogP contribution in [0.5, 0.6) is 5.75 Å². The van der Waals surface area contributed by atoms with Crippen LogP contribution < -0.4 is 15.8 Å². The zero-order valence-corrected chi connectivity index (χ0v) is 11.5. The van der Waals surface area contributed by atoms with Crippen LogP contribution in [-0.2, 0) is 4.79 Å². The second-order valence-corrected chi connectivity index (χ2v) is 4.33. The number of hydrogen-bond donors (Lipinski definition) is 2. The van der Waals surface area contributed by atoms with Gasteiger partial charge in [0.25, 0.3) is 0 Å². The van der Waals surface area contributed by atoms with Crippen molar-refractivity contribution in [3.63, 3.8) is 0 Å². The molecule has 100 valence electrons. The molecule has 0 radical (unpaired) electrons. The molecule has 0 saturated carbocycles. The molecule has 1 unspecified atom stereocenters. The van der Waals surface area contributed by atoms with Gasteiger partial charge in [-0.3, -0.25) is 4.79 Å². The topological polar surface area (TPSA) is 64.4 Å². The molecule has 0 fully saturated rings. The van der Waals surface area contributed by atoms with Gasteiger partial charge in [0.05, 0.1) is 18.1 Å². The molecule has 0 aliphatic carbocycles. The molecule has 0 heterocycles. The predicted molar refractivity (Wildman–Crippen MR) is 73.1 cm³/mol. The number of halogens is 1. The van der Waals surface area contributed by atoms with E-state index in [1.165, 1.54) is 0 Å². The molecule has 0 saturated heterocycles. The molecule has 0 aliphatic heterocycles. The van der Waals surface area contributed by atoms with Crippen molar-refractivity contribution in [1.29, 1.82) is 0 Å². The average Bonchev–Trinajstić information content (AvgIpc) is 2.36. The Morgan fingerprint density at radius 2 is 2.28 bits per heavy atom. The summed E-state index contributed by atoms with van der Waals surface area (Å²) in [7, 11) is 1.56. The summed E-state index contributed by atoms with van der Waals surface area (Å²) in [5.41, 5.74) is 6.42. The molecule has 0 spiro atoms. The highest BCUT2D eigenvalue weighted by atomic mass is 35.5. The Balaban J connectivity index is 2.98. The highest BCUT2D eigenvalue weighted by molar-refractivity contribution is 6.32. The van der Waals surface area contributed by atoms with E-state index < -0.39 is 0 Å². The monoisotopic (exact) mass is 270 g/mol. The van der Waals surface area contributed by atoms with Crippen molar-refractivity contribution in [2.24, 2.45) is 5.73 Å². The summed E-state index contributed by atoms with van der Waals surface area (Å²) in [5.74, 6) is 0.311. The smallest absolute Gasteiger partial charge is 0.227 e. The number of carbonyl (C=O) groups is 1. The summed E-state index contributed by atoms with van der Waals surface area (Å²) in [6, 6.07) is 5.37. The lowest BCUT2D eigenvalue weighted by molar-refractivity contribution is -0.122. The molecule has 1 aromatic rings. The minimum absolute atomic E-state index is 0.0239. The lowest BCUT2D eigenvalue weighted by Crippen LogP contribution is -2.30. The number of hydrogen-bond acceptors (Lipinski definition) is 3. The third kappa shape index (κ3) is 3.62. The van der Waals surface area contributed by atoms with Gasteiger partial charge in [-0.25, -0.2) is 0 Å². The van der Waals surface area contributed by atoms with E-state index in [0.29, 0.717) is 30.3 Å². The van der Waals surface area contributed by atoms with Gasteiger partial charge in [0.2, 0.25) is 5.91 Å². The third-order valence-corrected chi connectivity index (χ3v) is 3.00. The maximum absolute atomic E-state index is 12.0. The molecule has 1 amide bonds. The van der Waals surface area contributed by atoms with Crippen molar-refractivity contribution in [3.8, 4) is 5.75 Å². The van der Waals surface area contributed by atoms with E-state index in [1.54, 1.807) is 19.2 Å². The van der Waals surface area contributed by atoms with E-state index in [9.17, 15) is 4.79 Å². The molecule has 5 heteroatoms. The molecule has 4 nitrogen and oxygen atoms in total. The maximum Gasteiger partial charge on any atom is 0.227 e. The Morgan fingerprint density at radius 1 is 1.56 bits per heavy atom. The lowest BCUT2D eigenvalue weighted by atomic mass is 9.94. The van der Waals surface area contributed by atoms with Crippen molar-refractivity contribution in [2.75, 3.05) is 20.2 Å². The number of nitrogens with two attached hydrogens (primary N) is 1. The quantitative estimate of drug-likeness (QED) is 0.830. The third-order valence-electron chi connectivity index (χ3n) is 2.70. The number of likely N-dealkylation sites (N-methyl/N-ethyl adjacent to an activating group) is 1. The van der Waals surface area contributed by atoms with Crippen LogP contribution in [0.3, 0.4) is 0 Å². The Bertz CT molecular complexity index is 410. The number of rotatable bonds is 6. The Hall–Kier alpha value is -1.26.